The Bertz CT molecular complexity index is 652. The molecule has 0 saturated heterocycles. The normalized spacial score (nSPS) is 15.7. The van der Waals surface area contributed by atoms with Crippen molar-refractivity contribution >= 4 is 5.97 Å². The van der Waals surface area contributed by atoms with E-state index in [2.05, 4.69) is 24.3 Å². The molecule has 1 aliphatic rings. The van der Waals surface area contributed by atoms with E-state index in [4.69, 9.17) is 9.47 Å². The number of carbonyl (C=O) groups is 1. The van der Waals surface area contributed by atoms with Crippen molar-refractivity contribution in [1.82, 2.24) is 0 Å². The fourth-order valence-electron chi connectivity index (χ4n) is 3.19. The van der Waals surface area contributed by atoms with E-state index < -0.39 is 0 Å². The molecule has 2 aromatic rings. The van der Waals surface area contributed by atoms with Crippen molar-refractivity contribution < 1.29 is 14.3 Å². The minimum absolute atomic E-state index is 0.0844. The molecule has 3 nitrogen and oxygen atoms in total. The van der Waals surface area contributed by atoms with E-state index in [1.165, 1.54) is 24.5 Å². The topological polar surface area (TPSA) is 35.5 Å². The van der Waals surface area contributed by atoms with Gasteiger partial charge in [-0.25, -0.2) is 0 Å². The van der Waals surface area contributed by atoms with Crippen LogP contribution < -0.4 is 9.47 Å². The number of carbonyl (C=O) groups excluding carboxylic acids is 1. The molecule has 1 saturated carbocycles. The first-order valence-corrected chi connectivity index (χ1v) is 7.57. The lowest BCUT2D eigenvalue weighted by molar-refractivity contribution is -0.131. The molecule has 1 aliphatic carbocycles. The molecule has 1 fully saturated rings. The minimum atomic E-state index is -0.290. The zero-order chi connectivity index (χ0) is 15.6. The molecule has 0 N–H and O–H groups in total. The van der Waals surface area contributed by atoms with E-state index in [1.54, 1.807) is 7.11 Å². The first-order chi connectivity index (χ1) is 10.6. The molecule has 0 heterocycles. The molecule has 3 rings (SSSR count). The molecule has 0 aromatic heterocycles. The molecular formula is C19H20O3. The third-order valence-corrected chi connectivity index (χ3v) is 4.52. The lowest BCUT2D eigenvalue weighted by Crippen LogP contribution is -2.35. The summed E-state index contributed by atoms with van der Waals surface area (Å²) in [4.78, 5) is 11.0. The summed E-state index contributed by atoms with van der Waals surface area (Å²) in [6, 6.07) is 16.2. The number of esters is 1. The van der Waals surface area contributed by atoms with Crippen LogP contribution in [0, 0.1) is 0 Å². The molecule has 0 atom stereocenters. The highest BCUT2D eigenvalue weighted by atomic mass is 16.5. The van der Waals surface area contributed by atoms with Crippen molar-refractivity contribution in [3.8, 4) is 11.5 Å². The molecule has 114 valence electrons. The van der Waals surface area contributed by atoms with Gasteiger partial charge >= 0.3 is 5.97 Å². The fourth-order valence-corrected chi connectivity index (χ4v) is 3.19. The van der Waals surface area contributed by atoms with Crippen LogP contribution in [0.2, 0.25) is 0 Å². The van der Waals surface area contributed by atoms with E-state index >= 15 is 0 Å². The standard InChI is InChI=1S/C19H20O3/c1-14(20)22-18-10-6-16(7-11-18)19(12-3-13-19)15-4-8-17(21-2)9-5-15/h4-11H,3,12-13H2,1-2H3. The van der Waals surface area contributed by atoms with E-state index in [1.807, 2.05) is 24.3 Å². The summed E-state index contributed by atoms with van der Waals surface area (Å²) >= 11 is 0. The summed E-state index contributed by atoms with van der Waals surface area (Å²) in [6.45, 7) is 1.42. The number of hydrogen-bond acceptors (Lipinski definition) is 3. The van der Waals surface area contributed by atoms with Crippen molar-refractivity contribution in [3.05, 3.63) is 59.7 Å². The van der Waals surface area contributed by atoms with Gasteiger partial charge in [-0.3, -0.25) is 4.79 Å². The lowest BCUT2D eigenvalue weighted by Gasteiger charge is -2.43. The van der Waals surface area contributed by atoms with E-state index in [9.17, 15) is 4.79 Å². The number of rotatable bonds is 4. The summed E-state index contributed by atoms with van der Waals surface area (Å²) in [5.41, 5.74) is 2.68. The van der Waals surface area contributed by atoms with E-state index in [0.717, 1.165) is 18.6 Å². The highest BCUT2D eigenvalue weighted by Gasteiger charge is 2.40. The van der Waals surface area contributed by atoms with Gasteiger partial charge in [-0.1, -0.05) is 30.7 Å². The Morgan fingerprint density at radius 2 is 1.41 bits per heavy atom. The molecule has 0 spiro atoms. The molecule has 0 bridgehead atoms. The Hall–Kier alpha value is -2.29. The summed E-state index contributed by atoms with van der Waals surface area (Å²) in [5.74, 6) is 1.19. The number of methoxy groups -OCH3 is 1. The second-order valence-corrected chi connectivity index (χ2v) is 5.78. The van der Waals surface area contributed by atoms with Gasteiger partial charge in [0.25, 0.3) is 0 Å². The molecule has 3 heteroatoms. The average molecular weight is 296 g/mol. The molecule has 2 aromatic carbocycles. The second kappa shape index (κ2) is 5.84. The second-order valence-electron chi connectivity index (χ2n) is 5.78. The van der Waals surface area contributed by atoms with Gasteiger partial charge < -0.3 is 9.47 Å². The third kappa shape index (κ3) is 2.59. The van der Waals surface area contributed by atoms with Crippen molar-refractivity contribution in [1.29, 1.82) is 0 Å². The Balaban J connectivity index is 1.90. The van der Waals surface area contributed by atoms with E-state index in [-0.39, 0.29) is 11.4 Å². The number of ether oxygens (including phenoxy) is 2. The van der Waals surface area contributed by atoms with Crippen LogP contribution >= 0.6 is 0 Å². The zero-order valence-corrected chi connectivity index (χ0v) is 13.0. The van der Waals surface area contributed by atoms with Crippen LogP contribution in [-0.2, 0) is 10.2 Å². The van der Waals surface area contributed by atoms with Crippen molar-refractivity contribution in [2.24, 2.45) is 0 Å². The van der Waals surface area contributed by atoms with Gasteiger partial charge in [0, 0.05) is 12.3 Å². The number of hydrogen-bond donors (Lipinski definition) is 0. The van der Waals surface area contributed by atoms with Gasteiger partial charge in [-0.15, -0.1) is 0 Å². The quantitative estimate of drug-likeness (QED) is 0.629. The van der Waals surface area contributed by atoms with Crippen molar-refractivity contribution in [3.63, 3.8) is 0 Å². The highest BCUT2D eigenvalue weighted by molar-refractivity contribution is 5.69. The summed E-state index contributed by atoms with van der Waals surface area (Å²) in [5, 5.41) is 0. The van der Waals surface area contributed by atoms with Gasteiger partial charge in [0.2, 0.25) is 0 Å². The minimum Gasteiger partial charge on any atom is -0.497 e. The summed E-state index contributed by atoms with van der Waals surface area (Å²) in [6.07, 6.45) is 3.52. The van der Waals surface area contributed by atoms with Gasteiger partial charge in [0.15, 0.2) is 0 Å². The van der Waals surface area contributed by atoms with Crippen LogP contribution in [0.4, 0.5) is 0 Å². The van der Waals surface area contributed by atoms with Crippen LogP contribution in [0.1, 0.15) is 37.3 Å². The number of benzene rings is 2. The molecule has 0 aliphatic heterocycles. The largest absolute Gasteiger partial charge is 0.497 e. The Morgan fingerprint density at radius 1 is 0.909 bits per heavy atom. The third-order valence-electron chi connectivity index (χ3n) is 4.52. The van der Waals surface area contributed by atoms with Crippen LogP contribution in [0.25, 0.3) is 0 Å². The first kappa shape index (κ1) is 14.6. The Kier molecular flexibility index (Phi) is 3.88. The molecule has 0 amide bonds. The predicted octanol–water partition coefficient (Wildman–Crippen LogP) is 4.09. The monoisotopic (exact) mass is 296 g/mol. The Labute approximate surface area is 130 Å². The fraction of sp³-hybridized carbons (Fsp3) is 0.316. The van der Waals surface area contributed by atoms with Crippen molar-refractivity contribution in [2.45, 2.75) is 31.6 Å². The van der Waals surface area contributed by atoms with Gasteiger partial charge in [0.1, 0.15) is 11.5 Å². The zero-order valence-electron chi connectivity index (χ0n) is 13.0. The van der Waals surface area contributed by atoms with Crippen LogP contribution in [0.5, 0.6) is 11.5 Å². The molecule has 0 unspecified atom stereocenters. The molecule has 0 radical (unpaired) electrons. The summed E-state index contributed by atoms with van der Waals surface area (Å²) in [7, 11) is 1.68. The average Bonchev–Trinajstić information content (AvgIpc) is 2.48. The highest BCUT2D eigenvalue weighted by Crippen LogP contribution is 2.49. The lowest BCUT2D eigenvalue weighted by atomic mass is 9.60. The van der Waals surface area contributed by atoms with Crippen LogP contribution in [0.3, 0.4) is 0 Å². The van der Waals surface area contributed by atoms with Crippen LogP contribution in [-0.4, -0.2) is 13.1 Å². The Morgan fingerprint density at radius 3 is 1.77 bits per heavy atom. The summed E-state index contributed by atoms with van der Waals surface area (Å²) < 4.78 is 10.4. The maximum atomic E-state index is 11.0. The van der Waals surface area contributed by atoms with E-state index in [0.29, 0.717) is 5.75 Å². The van der Waals surface area contributed by atoms with Gasteiger partial charge in [-0.2, -0.15) is 0 Å². The molecular weight excluding hydrogens is 276 g/mol. The smallest absolute Gasteiger partial charge is 0.308 e. The SMILES string of the molecule is COc1ccc(C2(c3ccc(OC(C)=O)cc3)CCC2)cc1. The van der Waals surface area contributed by atoms with Crippen molar-refractivity contribution in [2.75, 3.05) is 7.11 Å². The maximum Gasteiger partial charge on any atom is 0.308 e. The molecule has 22 heavy (non-hydrogen) atoms. The van der Waals surface area contributed by atoms with Gasteiger partial charge in [0.05, 0.1) is 7.11 Å². The predicted molar refractivity (Wildman–Crippen MR) is 85.4 cm³/mol. The van der Waals surface area contributed by atoms with Crippen LogP contribution in [0.15, 0.2) is 48.5 Å². The maximum absolute atomic E-state index is 11.0. The first-order valence-electron chi connectivity index (χ1n) is 7.57. The van der Waals surface area contributed by atoms with Gasteiger partial charge in [-0.05, 0) is 48.2 Å².